The molecule has 0 radical (unpaired) electrons. The Morgan fingerprint density at radius 2 is 1.75 bits per heavy atom. The van der Waals surface area contributed by atoms with E-state index in [4.69, 9.17) is 0 Å². The van der Waals surface area contributed by atoms with Crippen molar-refractivity contribution in [1.82, 2.24) is 4.90 Å². The van der Waals surface area contributed by atoms with Crippen LogP contribution in [0.3, 0.4) is 0 Å². The summed E-state index contributed by atoms with van der Waals surface area (Å²) in [6.45, 7) is 5.61. The van der Waals surface area contributed by atoms with E-state index in [0.29, 0.717) is 11.7 Å². The summed E-state index contributed by atoms with van der Waals surface area (Å²) in [5, 5.41) is 9.47. The zero-order valence-corrected chi connectivity index (χ0v) is 13.4. The number of hydrogen-bond donors (Lipinski definition) is 1. The highest BCUT2D eigenvalue weighted by Gasteiger charge is 2.47. The minimum absolute atomic E-state index is 0.0227. The van der Waals surface area contributed by atoms with E-state index >= 15 is 0 Å². The summed E-state index contributed by atoms with van der Waals surface area (Å²) in [6, 6.07) is -0.654. The molecule has 1 aliphatic carbocycles. The smallest absolute Gasteiger partial charge is 0.327 e. The molecule has 0 unspecified atom stereocenters. The second kappa shape index (κ2) is 5.96. The van der Waals surface area contributed by atoms with Crippen LogP contribution in [0.1, 0.15) is 52.9 Å². The number of nitrogens with zero attached hydrogens (tertiary/aromatic N) is 1. The lowest BCUT2D eigenvalue weighted by Crippen LogP contribution is -2.51. The first kappa shape index (κ1) is 15.7. The summed E-state index contributed by atoms with van der Waals surface area (Å²) in [7, 11) is 0. The highest BCUT2D eigenvalue weighted by atomic mass is 32.2. The average Bonchev–Trinajstić information content (AvgIpc) is 2.82. The fourth-order valence-corrected chi connectivity index (χ4v) is 4.78. The topological polar surface area (TPSA) is 57.6 Å². The monoisotopic (exact) mass is 299 g/mol. The van der Waals surface area contributed by atoms with Crippen LogP contribution in [0.4, 0.5) is 0 Å². The first-order valence-electron chi connectivity index (χ1n) is 7.49. The molecule has 2 aliphatic rings. The average molecular weight is 299 g/mol. The van der Waals surface area contributed by atoms with E-state index in [9.17, 15) is 14.7 Å². The van der Waals surface area contributed by atoms with Gasteiger partial charge < -0.3 is 10.0 Å². The first-order valence-corrected chi connectivity index (χ1v) is 8.54. The third kappa shape index (κ3) is 3.13. The van der Waals surface area contributed by atoms with Gasteiger partial charge in [0, 0.05) is 11.2 Å². The lowest BCUT2D eigenvalue weighted by molar-refractivity contribution is -0.153. The third-order valence-electron chi connectivity index (χ3n) is 4.25. The molecule has 0 aromatic rings. The van der Waals surface area contributed by atoms with Gasteiger partial charge in [0.15, 0.2) is 0 Å². The number of carboxylic acids is 1. The quantitative estimate of drug-likeness (QED) is 0.851. The molecule has 4 nitrogen and oxygen atoms in total. The fourth-order valence-electron chi connectivity index (χ4n) is 3.14. The number of carbonyl (C=O) groups is 2. The van der Waals surface area contributed by atoms with Gasteiger partial charge in [0.1, 0.15) is 6.04 Å². The molecule has 1 saturated carbocycles. The van der Waals surface area contributed by atoms with Crippen molar-refractivity contribution in [2.75, 3.05) is 5.75 Å². The van der Waals surface area contributed by atoms with Crippen molar-refractivity contribution < 1.29 is 14.7 Å². The van der Waals surface area contributed by atoms with Crippen LogP contribution in [0.5, 0.6) is 0 Å². The van der Waals surface area contributed by atoms with E-state index in [1.165, 1.54) is 19.3 Å². The number of carboxylic acid groups (broad SMARTS) is 1. The third-order valence-corrected chi connectivity index (χ3v) is 5.71. The van der Waals surface area contributed by atoms with E-state index in [1.807, 2.05) is 20.8 Å². The van der Waals surface area contributed by atoms with Gasteiger partial charge >= 0.3 is 5.97 Å². The molecule has 0 aromatic heterocycles. The molecule has 0 bridgehead atoms. The van der Waals surface area contributed by atoms with Crippen LogP contribution in [-0.2, 0) is 9.59 Å². The summed E-state index contributed by atoms with van der Waals surface area (Å²) >= 11 is 1.66. The Hall–Kier alpha value is -0.710. The lowest BCUT2D eigenvalue weighted by atomic mass is 9.87. The highest BCUT2D eigenvalue weighted by molar-refractivity contribution is 8.00. The lowest BCUT2D eigenvalue weighted by Gasteiger charge is -2.37. The molecule has 0 spiro atoms. The molecule has 114 valence electrons. The number of rotatable bonds is 2. The molecular weight excluding hydrogens is 274 g/mol. The Morgan fingerprint density at radius 3 is 2.25 bits per heavy atom. The van der Waals surface area contributed by atoms with Gasteiger partial charge in [-0.25, -0.2) is 4.79 Å². The zero-order valence-electron chi connectivity index (χ0n) is 12.6. The van der Waals surface area contributed by atoms with Gasteiger partial charge in [-0.3, -0.25) is 4.79 Å². The zero-order chi connectivity index (χ0) is 14.9. The Kier molecular flexibility index (Phi) is 4.67. The van der Waals surface area contributed by atoms with Crippen LogP contribution in [0, 0.1) is 11.3 Å². The molecular formula is C15H25NO3S. The van der Waals surface area contributed by atoms with Crippen LogP contribution in [-0.4, -0.2) is 39.1 Å². The van der Waals surface area contributed by atoms with Gasteiger partial charge in [0.2, 0.25) is 5.91 Å². The van der Waals surface area contributed by atoms with Crippen LogP contribution in [0.15, 0.2) is 0 Å². The normalized spacial score (nSPS) is 28.6. The van der Waals surface area contributed by atoms with Gasteiger partial charge in [-0.15, -0.1) is 11.8 Å². The minimum Gasteiger partial charge on any atom is -0.480 e. The second-order valence-electron chi connectivity index (χ2n) is 6.94. The van der Waals surface area contributed by atoms with E-state index in [-0.39, 0.29) is 11.3 Å². The Labute approximate surface area is 125 Å². The summed E-state index contributed by atoms with van der Waals surface area (Å²) < 4.78 is 0. The molecule has 1 saturated heterocycles. The van der Waals surface area contributed by atoms with Crippen LogP contribution in [0.25, 0.3) is 0 Å². The maximum absolute atomic E-state index is 12.7. The molecule has 20 heavy (non-hydrogen) atoms. The van der Waals surface area contributed by atoms with E-state index in [2.05, 4.69) is 0 Å². The number of thioether (sulfide) groups is 1. The molecule has 0 aromatic carbocycles. The Bertz CT molecular complexity index is 385. The first-order chi connectivity index (χ1) is 9.32. The van der Waals surface area contributed by atoms with Crippen molar-refractivity contribution in [2.45, 2.75) is 64.3 Å². The largest absolute Gasteiger partial charge is 0.480 e. The standard InChI is InChI=1S/C15H25NO3S/c1-15(2,3)14(19)16-11(13(17)18)9-20-12(16)10-7-5-4-6-8-10/h10-12H,4-9H2,1-3H3,(H,17,18)/t11-,12-/m1/s1. The van der Waals surface area contributed by atoms with Crippen molar-refractivity contribution in [1.29, 1.82) is 0 Å². The molecule has 2 fully saturated rings. The summed E-state index contributed by atoms with van der Waals surface area (Å²) in [4.78, 5) is 25.8. The predicted molar refractivity (Wildman–Crippen MR) is 80.5 cm³/mol. The summed E-state index contributed by atoms with van der Waals surface area (Å²) in [5.41, 5.74) is -0.522. The molecule has 1 heterocycles. The highest BCUT2D eigenvalue weighted by Crippen LogP contribution is 2.42. The van der Waals surface area contributed by atoms with Crippen molar-refractivity contribution in [3.05, 3.63) is 0 Å². The predicted octanol–water partition coefficient (Wildman–Crippen LogP) is 2.97. The van der Waals surface area contributed by atoms with E-state index in [0.717, 1.165) is 12.8 Å². The van der Waals surface area contributed by atoms with Crippen molar-refractivity contribution in [2.24, 2.45) is 11.3 Å². The number of amides is 1. The van der Waals surface area contributed by atoms with Crippen LogP contribution in [0.2, 0.25) is 0 Å². The van der Waals surface area contributed by atoms with Crippen LogP contribution >= 0.6 is 11.8 Å². The van der Waals surface area contributed by atoms with Crippen molar-refractivity contribution >= 4 is 23.6 Å². The minimum atomic E-state index is -0.867. The summed E-state index contributed by atoms with van der Waals surface area (Å²) in [5.74, 6) is 0.0986. The Morgan fingerprint density at radius 1 is 1.15 bits per heavy atom. The van der Waals surface area contributed by atoms with Crippen molar-refractivity contribution in [3.8, 4) is 0 Å². The maximum Gasteiger partial charge on any atom is 0.327 e. The Balaban J connectivity index is 2.22. The van der Waals surface area contributed by atoms with E-state index in [1.54, 1.807) is 16.7 Å². The number of aliphatic carboxylic acids is 1. The van der Waals surface area contributed by atoms with Gasteiger partial charge in [-0.2, -0.15) is 0 Å². The van der Waals surface area contributed by atoms with Gasteiger partial charge in [-0.05, 0) is 18.8 Å². The van der Waals surface area contributed by atoms with Crippen LogP contribution < -0.4 is 0 Å². The van der Waals surface area contributed by atoms with Gasteiger partial charge in [-0.1, -0.05) is 40.0 Å². The number of carbonyl (C=O) groups excluding carboxylic acids is 1. The van der Waals surface area contributed by atoms with Gasteiger partial charge in [0.05, 0.1) is 5.37 Å². The molecule has 1 aliphatic heterocycles. The molecule has 1 amide bonds. The summed E-state index contributed by atoms with van der Waals surface area (Å²) in [6.07, 6.45) is 5.92. The number of hydrogen-bond acceptors (Lipinski definition) is 3. The molecule has 2 atom stereocenters. The maximum atomic E-state index is 12.7. The molecule has 1 N–H and O–H groups in total. The van der Waals surface area contributed by atoms with Gasteiger partial charge in [0.25, 0.3) is 0 Å². The molecule has 2 rings (SSSR count). The van der Waals surface area contributed by atoms with Crippen molar-refractivity contribution in [3.63, 3.8) is 0 Å². The fraction of sp³-hybridized carbons (Fsp3) is 0.867. The van der Waals surface area contributed by atoms with E-state index < -0.39 is 17.4 Å². The molecule has 5 heteroatoms. The SMILES string of the molecule is CC(C)(C)C(=O)N1[C@@H](C(=O)O)CS[C@@H]1C1CCCCC1. The second-order valence-corrected chi connectivity index (χ2v) is 8.09.